The van der Waals surface area contributed by atoms with E-state index >= 15 is 0 Å². The van der Waals surface area contributed by atoms with Gasteiger partial charge in [-0.2, -0.15) is 4.98 Å². The lowest BCUT2D eigenvalue weighted by atomic mass is 10.1. The Balaban J connectivity index is 0.00000147. The molecule has 1 heterocycles. The number of rotatable bonds is 4. The van der Waals surface area contributed by atoms with E-state index in [1.807, 2.05) is 24.3 Å². The predicted octanol–water partition coefficient (Wildman–Crippen LogP) is 3.52. The molecule has 0 spiro atoms. The van der Waals surface area contributed by atoms with Crippen LogP contribution in [0.3, 0.4) is 0 Å². The standard InChI is InChI=1S/C15H19N3O.ClH/c16-13-8-4-3-5-11(13)9-10-14-17-15(18-19-14)12-6-1-2-7-12;/h3-5,8,12H,1-2,6-7,9-10,16H2;1H. The van der Waals surface area contributed by atoms with Gasteiger partial charge < -0.3 is 10.3 Å². The van der Waals surface area contributed by atoms with E-state index in [1.165, 1.54) is 25.7 Å². The van der Waals surface area contributed by atoms with Crippen LogP contribution in [0.15, 0.2) is 28.8 Å². The smallest absolute Gasteiger partial charge is 0.226 e. The van der Waals surface area contributed by atoms with E-state index in [2.05, 4.69) is 10.1 Å². The third kappa shape index (κ3) is 3.31. The minimum atomic E-state index is 0. The van der Waals surface area contributed by atoms with Gasteiger partial charge in [-0.3, -0.25) is 0 Å². The molecule has 0 bridgehead atoms. The molecule has 0 saturated heterocycles. The summed E-state index contributed by atoms with van der Waals surface area (Å²) in [4.78, 5) is 4.52. The summed E-state index contributed by atoms with van der Waals surface area (Å²) in [6.45, 7) is 0. The second kappa shape index (κ2) is 6.75. The topological polar surface area (TPSA) is 64.9 Å². The van der Waals surface area contributed by atoms with Crippen LogP contribution in [-0.4, -0.2) is 10.1 Å². The van der Waals surface area contributed by atoms with E-state index in [-0.39, 0.29) is 12.4 Å². The Morgan fingerprint density at radius 3 is 2.65 bits per heavy atom. The summed E-state index contributed by atoms with van der Waals surface area (Å²) >= 11 is 0. The second-order valence-electron chi connectivity index (χ2n) is 5.23. The normalized spacial score (nSPS) is 15.2. The molecule has 20 heavy (non-hydrogen) atoms. The molecule has 0 unspecified atom stereocenters. The van der Waals surface area contributed by atoms with Gasteiger partial charge in [0, 0.05) is 18.0 Å². The van der Waals surface area contributed by atoms with Gasteiger partial charge in [-0.05, 0) is 30.9 Å². The van der Waals surface area contributed by atoms with Crippen LogP contribution in [0.4, 0.5) is 5.69 Å². The Labute approximate surface area is 125 Å². The summed E-state index contributed by atoms with van der Waals surface area (Å²) in [6.07, 6.45) is 6.58. The minimum absolute atomic E-state index is 0. The van der Waals surface area contributed by atoms with Gasteiger partial charge in [0.25, 0.3) is 0 Å². The van der Waals surface area contributed by atoms with Gasteiger partial charge in [-0.25, -0.2) is 0 Å². The van der Waals surface area contributed by atoms with E-state index in [9.17, 15) is 0 Å². The van der Waals surface area contributed by atoms with Crippen LogP contribution in [0.2, 0.25) is 0 Å². The maximum atomic E-state index is 5.92. The van der Waals surface area contributed by atoms with Crippen molar-refractivity contribution in [2.24, 2.45) is 0 Å². The average molecular weight is 294 g/mol. The fourth-order valence-corrected chi connectivity index (χ4v) is 2.72. The Hall–Kier alpha value is -1.55. The Bertz CT molecular complexity index is 550. The van der Waals surface area contributed by atoms with Crippen molar-refractivity contribution in [3.8, 4) is 0 Å². The van der Waals surface area contributed by atoms with Crippen LogP contribution in [-0.2, 0) is 12.8 Å². The monoisotopic (exact) mass is 293 g/mol. The molecule has 1 aliphatic rings. The molecule has 0 atom stereocenters. The number of para-hydroxylation sites is 1. The summed E-state index contributed by atoms with van der Waals surface area (Å²) in [5, 5.41) is 4.12. The average Bonchev–Trinajstić information content (AvgIpc) is 3.09. The van der Waals surface area contributed by atoms with E-state index in [1.54, 1.807) is 0 Å². The van der Waals surface area contributed by atoms with E-state index in [0.717, 1.165) is 35.8 Å². The van der Waals surface area contributed by atoms with Crippen LogP contribution in [0.5, 0.6) is 0 Å². The third-order valence-electron chi connectivity index (χ3n) is 3.87. The summed E-state index contributed by atoms with van der Waals surface area (Å²) in [7, 11) is 0. The van der Waals surface area contributed by atoms with E-state index in [4.69, 9.17) is 10.3 Å². The maximum Gasteiger partial charge on any atom is 0.226 e. The molecule has 1 saturated carbocycles. The zero-order valence-corrected chi connectivity index (χ0v) is 12.2. The fraction of sp³-hybridized carbons (Fsp3) is 0.467. The van der Waals surface area contributed by atoms with Crippen molar-refractivity contribution in [2.45, 2.75) is 44.4 Å². The zero-order chi connectivity index (χ0) is 13.1. The quantitative estimate of drug-likeness (QED) is 0.876. The highest BCUT2D eigenvalue weighted by Crippen LogP contribution is 2.32. The van der Waals surface area contributed by atoms with Crippen LogP contribution in [0.25, 0.3) is 0 Å². The van der Waals surface area contributed by atoms with Crippen molar-refractivity contribution in [3.05, 3.63) is 41.5 Å². The molecule has 0 amide bonds. The molecule has 2 N–H and O–H groups in total. The zero-order valence-electron chi connectivity index (χ0n) is 11.4. The number of hydrogen-bond acceptors (Lipinski definition) is 4. The fourth-order valence-electron chi connectivity index (χ4n) is 2.72. The molecular weight excluding hydrogens is 274 g/mol. The molecule has 0 aliphatic heterocycles. The lowest BCUT2D eigenvalue weighted by Gasteiger charge is -2.02. The predicted molar refractivity (Wildman–Crippen MR) is 81.0 cm³/mol. The number of nitrogens with two attached hydrogens (primary N) is 1. The Morgan fingerprint density at radius 2 is 1.90 bits per heavy atom. The molecule has 2 aromatic rings. The summed E-state index contributed by atoms with van der Waals surface area (Å²) in [6, 6.07) is 7.92. The lowest BCUT2D eigenvalue weighted by molar-refractivity contribution is 0.369. The number of hydrogen-bond donors (Lipinski definition) is 1. The number of aromatic nitrogens is 2. The van der Waals surface area contributed by atoms with E-state index < -0.39 is 0 Å². The van der Waals surface area contributed by atoms with Crippen molar-refractivity contribution in [2.75, 3.05) is 5.73 Å². The van der Waals surface area contributed by atoms with Gasteiger partial charge in [0.05, 0.1) is 0 Å². The molecule has 1 fully saturated rings. The summed E-state index contributed by atoms with van der Waals surface area (Å²) < 4.78 is 5.34. The van der Waals surface area contributed by atoms with Crippen LogP contribution < -0.4 is 5.73 Å². The van der Waals surface area contributed by atoms with Gasteiger partial charge in [0.2, 0.25) is 5.89 Å². The van der Waals surface area contributed by atoms with Crippen LogP contribution in [0.1, 0.15) is 48.9 Å². The van der Waals surface area contributed by atoms with Gasteiger partial charge in [-0.1, -0.05) is 36.2 Å². The first-order chi connectivity index (χ1) is 9.33. The van der Waals surface area contributed by atoms with Crippen molar-refractivity contribution < 1.29 is 4.52 Å². The highest BCUT2D eigenvalue weighted by Gasteiger charge is 2.22. The number of halogens is 1. The van der Waals surface area contributed by atoms with Crippen molar-refractivity contribution in [1.82, 2.24) is 10.1 Å². The molecule has 0 radical (unpaired) electrons. The third-order valence-corrected chi connectivity index (χ3v) is 3.87. The molecule has 5 heteroatoms. The lowest BCUT2D eigenvalue weighted by Crippen LogP contribution is -1.98. The number of aryl methyl sites for hydroxylation is 2. The van der Waals surface area contributed by atoms with Gasteiger partial charge in [0.15, 0.2) is 5.82 Å². The first-order valence-corrected chi connectivity index (χ1v) is 6.99. The summed E-state index contributed by atoms with van der Waals surface area (Å²) in [5.41, 5.74) is 7.90. The molecule has 1 aliphatic carbocycles. The number of nitrogens with zero attached hydrogens (tertiary/aromatic N) is 2. The van der Waals surface area contributed by atoms with Crippen molar-refractivity contribution in [1.29, 1.82) is 0 Å². The minimum Gasteiger partial charge on any atom is -0.399 e. The van der Waals surface area contributed by atoms with Crippen molar-refractivity contribution >= 4 is 18.1 Å². The first kappa shape index (κ1) is 14.9. The molecular formula is C15H20ClN3O. The Kier molecular flexibility index (Phi) is 5.01. The molecule has 1 aromatic carbocycles. The van der Waals surface area contributed by atoms with Gasteiger partial charge in [-0.15, -0.1) is 12.4 Å². The van der Waals surface area contributed by atoms with Gasteiger partial charge >= 0.3 is 0 Å². The summed E-state index contributed by atoms with van der Waals surface area (Å²) in [5.74, 6) is 2.14. The highest BCUT2D eigenvalue weighted by atomic mass is 35.5. The maximum absolute atomic E-state index is 5.92. The first-order valence-electron chi connectivity index (χ1n) is 6.99. The SMILES string of the molecule is Cl.Nc1ccccc1CCc1nc(C2CCCC2)no1. The number of nitrogen functional groups attached to an aromatic ring is 1. The molecule has 1 aromatic heterocycles. The molecule has 4 nitrogen and oxygen atoms in total. The second-order valence-corrected chi connectivity index (χ2v) is 5.23. The van der Waals surface area contributed by atoms with Gasteiger partial charge in [0.1, 0.15) is 0 Å². The number of anilines is 1. The van der Waals surface area contributed by atoms with Crippen molar-refractivity contribution in [3.63, 3.8) is 0 Å². The molecule has 108 valence electrons. The largest absolute Gasteiger partial charge is 0.399 e. The number of benzene rings is 1. The Morgan fingerprint density at radius 1 is 1.15 bits per heavy atom. The van der Waals surface area contributed by atoms with Crippen LogP contribution >= 0.6 is 12.4 Å². The highest BCUT2D eigenvalue weighted by molar-refractivity contribution is 5.85. The van der Waals surface area contributed by atoms with Crippen LogP contribution in [0, 0.1) is 0 Å². The molecule has 3 rings (SSSR count). The van der Waals surface area contributed by atoms with E-state index in [0.29, 0.717) is 5.92 Å².